The Bertz CT molecular complexity index is 966. The van der Waals surface area contributed by atoms with Gasteiger partial charge in [-0.15, -0.1) is 24.1 Å². The van der Waals surface area contributed by atoms with Gasteiger partial charge in [0.25, 0.3) is 0 Å². The van der Waals surface area contributed by atoms with E-state index < -0.39 is 5.25 Å². The maximum atomic E-state index is 12.7. The van der Waals surface area contributed by atoms with Crippen molar-refractivity contribution >= 4 is 35.5 Å². The van der Waals surface area contributed by atoms with E-state index in [1.807, 2.05) is 24.3 Å². The number of aliphatic hydroxyl groups is 1. The topological polar surface area (TPSA) is 113 Å². The molecule has 1 unspecified atom stereocenters. The van der Waals surface area contributed by atoms with E-state index >= 15 is 0 Å². The standard InChI is InChI=1S/C26H36N2O6S.C3H4/c1-34-26(33)20-10-6-18(7-11-20)16-27-23(30)5-3-2-4-14-28-24(31)15-22(25(28)32)35-21-12-8-19(17-29)9-13-21;1-3-2/h8-9,12-13,18,20,22,29H,2-7,10-11,14-17H2,1H3,(H,27,30);1H,2H3. The number of esters is 1. The van der Waals surface area contributed by atoms with E-state index in [2.05, 4.69) is 17.7 Å². The summed E-state index contributed by atoms with van der Waals surface area (Å²) in [4.78, 5) is 51.0. The van der Waals surface area contributed by atoms with Crippen LogP contribution in [0.4, 0.5) is 0 Å². The van der Waals surface area contributed by atoms with Gasteiger partial charge < -0.3 is 15.2 Å². The molecule has 1 aliphatic heterocycles. The first-order valence-corrected chi connectivity index (χ1v) is 14.1. The highest BCUT2D eigenvalue weighted by molar-refractivity contribution is 8.00. The number of imide groups is 1. The summed E-state index contributed by atoms with van der Waals surface area (Å²) in [6.07, 6.45) is 10.9. The fourth-order valence-electron chi connectivity index (χ4n) is 4.67. The average molecular weight is 545 g/mol. The summed E-state index contributed by atoms with van der Waals surface area (Å²) in [5.41, 5.74) is 0.807. The largest absolute Gasteiger partial charge is 0.469 e. The Morgan fingerprint density at radius 1 is 1.13 bits per heavy atom. The molecular weight excluding hydrogens is 504 g/mol. The van der Waals surface area contributed by atoms with Crippen molar-refractivity contribution in [1.82, 2.24) is 10.2 Å². The molecule has 1 saturated heterocycles. The number of terminal acetylenes is 1. The van der Waals surface area contributed by atoms with Crippen LogP contribution in [0, 0.1) is 24.2 Å². The zero-order valence-corrected chi connectivity index (χ0v) is 23.3. The summed E-state index contributed by atoms with van der Waals surface area (Å²) in [6.45, 7) is 2.66. The molecule has 1 heterocycles. The van der Waals surface area contributed by atoms with E-state index in [0.29, 0.717) is 38.3 Å². The van der Waals surface area contributed by atoms with E-state index in [0.717, 1.165) is 42.6 Å². The van der Waals surface area contributed by atoms with Crippen molar-refractivity contribution in [2.75, 3.05) is 20.2 Å². The molecule has 8 nitrogen and oxygen atoms in total. The van der Waals surface area contributed by atoms with Crippen molar-refractivity contribution in [3.05, 3.63) is 29.8 Å². The maximum absolute atomic E-state index is 12.7. The van der Waals surface area contributed by atoms with Gasteiger partial charge in [-0.05, 0) is 69.1 Å². The Hall–Kier alpha value is -2.83. The van der Waals surface area contributed by atoms with E-state index in [4.69, 9.17) is 9.84 Å². The molecule has 1 atom stereocenters. The average Bonchev–Trinajstić information content (AvgIpc) is 3.19. The molecule has 1 aliphatic carbocycles. The summed E-state index contributed by atoms with van der Waals surface area (Å²) >= 11 is 1.38. The summed E-state index contributed by atoms with van der Waals surface area (Å²) in [5, 5.41) is 11.7. The SMILES string of the molecule is C#CC.COC(=O)C1CCC(CNC(=O)CCCCCN2C(=O)CC(Sc3ccc(CO)cc3)C2=O)CC1. The van der Waals surface area contributed by atoms with Gasteiger partial charge in [-0.25, -0.2) is 0 Å². The van der Waals surface area contributed by atoms with Crippen molar-refractivity contribution in [3.63, 3.8) is 0 Å². The second-order valence-electron chi connectivity index (χ2n) is 9.64. The van der Waals surface area contributed by atoms with Crippen LogP contribution in [0.15, 0.2) is 29.2 Å². The molecule has 3 rings (SSSR count). The van der Waals surface area contributed by atoms with Crippen LogP contribution in [-0.4, -0.2) is 59.1 Å². The Kier molecular flexibility index (Phi) is 14.0. The number of benzene rings is 1. The number of rotatable bonds is 12. The third-order valence-electron chi connectivity index (χ3n) is 6.84. The van der Waals surface area contributed by atoms with Gasteiger partial charge >= 0.3 is 5.97 Å². The van der Waals surface area contributed by atoms with Gasteiger partial charge in [0.2, 0.25) is 17.7 Å². The quantitative estimate of drug-likeness (QED) is 0.179. The lowest BCUT2D eigenvalue weighted by atomic mass is 9.82. The van der Waals surface area contributed by atoms with Crippen LogP contribution < -0.4 is 5.32 Å². The lowest BCUT2D eigenvalue weighted by Crippen LogP contribution is -2.33. The third-order valence-corrected chi connectivity index (χ3v) is 8.04. The lowest BCUT2D eigenvalue weighted by Gasteiger charge is -2.26. The number of likely N-dealkylation sites (tertiary alicyclic amines) is 1. The first-order valence-electron chi connectivity index (χ1n) is 13.2. The number of carbonyl (C=O) groups is 4. The van der Waals surface area contributed by atoms with Gasteiger partial charge in [0.1, 0.15) is 0 Å². The fourth-order valence-corrected chi connectivity index (χ4v) is 5.74. The summed E-state index contributed by atoms with van der Waals surface area (Å²) in [6, 6.07) is 7.34. The molecule has 2 aliphatic rings. The minimum atomic E-state index is -0.407. The van der Waals surface area contributed by atoms with Crippen LogP contribution in [0.5, 0.6) is 0 Å². The number of methoxy groups -OCH3 is 1. The second kappa shape index (κ2) is 16.9. The lowest BCUT2D eigenvalue weighted by molar-refractivity contribution is -0.147. The number of nitrogens with one attached hydrogen (secondary N) is 1. The minimum Gasteiger partial charge on any atom is -0.469 e. The number of nitrogens with zero attached hydrogens (tertiary/aromatic N) is 1. The molecule has 3 amide bonds. The number of hydrogen-bond donors (Lipinski definition) is 2. The molecule has 0 radical (unpaired) electrons. The highest BCUT2D eigenvalue weighted by atomic mass is 32.2. The van der Waals surface area contributed by atoms with Crippen LogP contribution in [0.2, 0.25) is 0 Å². The molecule has 1 aromatic rings. The molecule has 38 heavy (non-hydrogen) atoms. The number of aliphatic hydroxyl groups excluding tert-OH is 1. The summed E-state index contributed by atoms with van der Waals surface area (Å²) < 4.78 is 4.81. The molecule has 2 N–H and O–H groups in total. The smallest absolute Gasteiger partial charge is 0.308 e. The molecule has 1 aromatic carbocycles. The van der Waals surface area contributed by atoms with Gasteiger partial charge in [0, 0.05) is 30.8 Å². The third kappa shape index (κ3) is 10.1. The van der Waals surface area contributed by atoms with Gasteiger partial charge in [-0.1, -0.05) is 18.6 Å². The minimum absolute atomic E-state index is 0.00591. The van der Waals surface area contributed by atoms with Gasteiger partial charge in [-0.3, -0.25) is 24.1 Å². The van der Waals surface area contributed by atoms with Crippen LogP contribution in [-0.2, 0) is 30.5 Å². The van der Waals surface area contributed by atoms with Gasteiger partial charge in [0.15, 0.2) is 0 Å². The summed E-state index contributed by atoms with van der Waals surface area (Å²) in [5.74, 6) is 2.26. The first-order chi connectivity index (χ1) is 18.3. The second-order valence-corrected chi connectivity index (χ2v) is 10.9. The van der Waals surface area contributed by atoms with Crippen molar-refractivity contribution in [1.29, 1.82) is 0 Å². The number of ether oxygens (including phenoxy) is 1. The van der Waals surface area contributed by atoms with Crippen LogP contribution in [0.1, 0.15) is 70.3 Å². The van der Waals surface area contributed by atoms with E-state index in [-0.39, 0.29) is 42.6 Å². The Morgan fingerprint density at radius 3 is 2.39 bits per heavy atom. The molecule has 2 fully saturated rings. The molecule has 0 bridgehead atoms. The highest BCUT2D eigenvalue weighted by Gasteiger charge is 2.38. The monoisotopic (exact) mass is 544 g/mol. The number of carbonyl (C=O) groups excluding carboxylic acids is 4. The van der Waals surface area contributed by atoms with Crippen molar-refractivity contribution in [2.24, 2.45) is 11.8 Å². The zero-order valence-electron chi connectivity index (χ0n) is 22.4. The van der Waals surface area contributed by atoms with Gasteiger partial charge in [0.05, 0.1) is 24.9 Å². The Morgan fingerprint density at radius 2 is 1.79 bits per heavy atom. The van der Waals surface area contributed by atoms with Crippen molar-refractivity contribution in [2.45, 2.75) is 81.5 Å². The maximum Gasteiger partial charge on any atom is 0.308 e. The van der Waals surface area contributed by atoms with E-state index in [1.165, 1.54) is 23.8 Å². The first kappa shape index (κ1) is 31.4. The Balaban J connectivity index is 0.00000161. The van der Waals surface area contributed by atoms with Crippen molar-refractivity contribution < 1.29 is 29.0 Å². The predicted molar refractivity (Wildman–Crippen MR) is 147 cm³/mol. The summed E-state index contributed by atoms with van der Waals surface area (Å²) in [7, 11) is 1.42. The number of thioether (sulfide) groups is 1. The molecule has 9 heteroatoms. The molecule has 1 saturated carbocycles. The molecular formula is C29H40N2O6S. The fraction of sp³-hybridized carbons (Fsp3) is 0.586. The molecule has 0 spiro atoms. The predicted octanol–water partition coefficient (Wildman–Crippen LogP) is 3.69. The van der Waals surface area contributed by atoms with Crippen LogP contribution in [0.3, 0.4) is 0 Å². The normalized spacial score (nSPS) is 20.8. The van der Waals surface area contributed by atoms with Crippen LogP contribution >= 0.6 is 11.8 Å². The Labute approximate surface area is 230 Å². The highest BCUT2D eigenvalue weighted by Crippen LogP contribution is 2.32. The molecule has 0 aromatic heterocycles. The van der Waals surface area contributed by atoms with Crippen LogP contribution in [0.25, 0.3) is 0 Å². The zero-order chi connectivity index (χ0) is 27.9. The van der Waals surface area contributed by atoms with E-state index in [1.54, 1.807) is 6.92 Å². The number of hydrogen-bond acceptors (Lipinski definition) is 7. The molecule has 208 valence electrons. The number of unbranched alkanes of at least 4 members (excludes halogenated alkanes) is 2. The van der Waals surface area contributed by atoms with E-state index in [9.17, 15) is 19.2 Å². The van der Waals surface area contributed by atoms with Gasteiger partial charge in [-0.2, -0.15) is 0 Å². The van der Waals surface area contributed by atoms with Crippen molar-refractivity contribution in [3.8, 4) is 12.3 Å². The number of amides is 3.